The molecule has 0 bridgehead atoms. The number of hydrogen-bond acceptors (Lipinski definition) is 3. The van der Waals surface area contributed by atoms with Crippen LogP contribution in [0.4, 0.5) is 0 Å². The van der Waals surface area contributed by atoms with Crippen LogP contribution in [-0.4, -0.2) is 9.97 Å². The molecule has 0 aliphatic heterocycles. The Balaban J connectivity index is 2.32. The van der Waals surface area contributed by atoms with Crippen molar-refractivity contribution in [3.8, 4) is 11.1 Å². The number of aryl methyl sites for hydroxylation is 1. The van der Waals surface area contributed by atoms with E-state index in [1.807, 2.05) is 26.8 Å². The third-order valence-corrected chi connectivity index (χ3v) is 5.25. The molecule has 0 radical (unpaired) electrons. The summed E-state index contributed by atoms with van der Waals surface area (Å²) in [7, 11) is 0. The number of aromatic nitrogens is 2. The average molecular weight is 353 g/mol. The highest BCUT2D eigenvalue weighted by atomic mass is 35.5. The second kappa shape index (κ2) is 5.69. The van der Waals surface area contributed by atoms with Crippen LogP contribution in [0.5, 0.6) is 0 Å². The molecule has 114 valence electrons. The quantitative estimate of drug-likeness (QED) is 0.671. The van der Waals surface area contributed by atoms with Crippen molar-refractivity contribution < 1.29 is 0 Å². The highest BCUT2D eigenvalue weighted by Gasteiger charge is 2.18. The number of fused-ring (bicyclic) bond motifs is 1. The van der Waals surface area contributed by atoms with E-state index in [0.29, 0.717) is 21.3 Å². The highest BCUT2D eigenvalue weighted by molar-refractivity contribution is 7.19. The number of benzene rings is 1. The van der Waals surface area contributed by atoms with Gasteiger partial charge in [0.1, 0.15) is 10.7 Å². The first-order chi connectivity index (χ1) is 10.4. The van der Waals surface area contributed by atoms with Crippen molar-refractivity contribution in [2.24, 2.45) is 0 Å². The summed E-state index contributed by atoms with van der Waals surface area (Å²) in [5.41, 5.74) is 1.64. The summed E-state index contributed by atoms with van der Waals surface area (Å²) in [5.74, 6) is 0.882. The lowest BCUT2D eigenvalue weighted by atomic mass is 10.0. The Morgan fingerprint density at radius 2 is 1.95 bits per heavy atom. The fraction of sp³-hybridized carbons (Fsp3) is 0.250. The minimum Gasteiger partial charge on any atom is -0.310 e. The summed E-state index contributed by atoms with van der Waals surface area (Å²) >= 11 is 13.6. The van der Waals surface area contributed by atoms with Gasteiger partial charge in [0.2, 0.25) is 0 Å². The molecule has 0 spiro atoms. The van der Waals surface area contributed by atoms with Crippen LogP contribution in [-0.2, 0) is 0 Å². The molecule has 0 unspecified atom stereocenters. The summed E-state index contributed by atoms with van der Waals surface area (Å²) in [6, 6.07) is 5.40. The number of halogens is 2. The predicted octanol–water partition coefficient (Wildman–Crippen LogP) is 5.39. The van der Waals surface area contributed by atoms with Crippen LogP contribution < -0.4 is 5.56 Å². The normalized spacial score (nSPS) is 11.5. The summed E-state index contributed by atoms with van der Waals surface area (Å²) in [5, 5.41) is 1.59. The van der Waals surface area contributed by atoms with Crippen molar-refractivity contribution in [1.82, 2.24) is 9.97 Å². The highest BCUT2D eigenvalue weighted by Crippen LogP contribution is 2.38. The number of aromatic amines is 1. The predicted molar refractivity (Wildman–Crippen MR) is 94.5 cm³/mol. The lowest BCUT2D eigenvalue weighted by Gasteiger charge is -2.05. The van der Waals surface area contributed by atoms with E-state index >= 15 is 0 Å². The molecule has 2 aromatic heterocycles. The van der Waals surface area contributed by atoms with Crippen molar-refractivity contribution in [3.63, 3.8) is 0 Å². The van der Waals surface area contributed by atoms with Gasteiger partial charge in [-0.1, -0.05) is 43.1 Å². The van der Waals surface area contributed by atoms with Crippen LogP contribution in [0, 0.1) is 6.92 Å². The van der Waals surface area contributed by atoms with Crippen LogP contribution in [0.3, 0.4) is 0 Å². The van der Waals surface area contributed by atoms with Gasteiger partial charge in [-0.3, -0.25) is 4.79 Å². The molecule has 3 rings (SSSR count). The van der Waals surface area contributed by atoms with Crippen molar-refractivity contribution in [2.45, 2.75) is 26.7 Å². The molecular weight excluding hydrogens is 339 g/mol. The van der Waals surface area contributed by atoms with Gasteiger partial charge in [0.15, 0.2) is 0 Å². The number of thiophene rings is 1. The average Bonchev–Trinajstić information content (AvgIpc) is 2.78. The molecule has 6 heteroatoms. The number of hydrogen-bond donors (Lipinski definition) is 1. The van der Waals surface area contributed by atoms with E-state index < -0.39 is 0 Å². The van der Waals surface area contributed by atoms with Crippen molar-refractivity contribution >= 4 is 44.8 Å². The summed E-state index contributed by atoms with van der Waals surface area (Å²) in [4.78, 5) is 21.8. The molecule has 1 aromatic carbocycles. The minimum atomic E-state index is -0.112. The van der Waals surface area contributed by atoms with Gasteiger partial charge in [0.05, 0.1) is 15.4 Å². The molecule has 0 saturated carbocycles. The van der Waals surface area contributed by atoms with Gasteiger partial charge in [0, 0.05) is 16.4 Å². The molecule has 3 nitrogen and oxygen atoms in total. The monoisotopic (exact) mass is 352 g/mol. The molecule has 0 saturated heterocycles. The van der Waals surface area contributed by atoms with E-state index in [0.717, 1.165) is 20.8 Å². The third-order valence-electron chi connectivity index (χ3n) is 3.51. The summed E-state index contributed by atoms with van der Waals surface area (Å²) < 4.78 is 0. The summed E-state index contributed by atoms with van der Waals surface area (Å²) in [6.07, 6.45) is 0. The van der Waals surface area contributed by atoms with E-state index in [4.69, 9.17) is 23.2 Å². The first kappa shape index (κ1) is 15.5. The maximum Gasteiger partial charge on any atom is 0.260 e. The zero-order chi connectivity index (χ0) is 16.0. The van der Waals surface area contributed by atoms with E-state index in [9.17, 15) is 4.79 Å². The van der Waals surface area contributed by atoms with Gasteiger partial charge in [-0.2, -0.15) is 0 Å². The van der Waals surface area contributed by atoms with Crippen molar-refractivity contribution in [3.05, 3.63) is 49.3 Å². The van der Waals surface area contributed by atoms with Crippen LogP contribution in [0.1, 0.15) is 30.5 Å². The zero-order valence-corrected chi connectivity index (χ0v) is 14.7. The van der Waals surface area contributed by atoms with E-state index in [1.54, 1.807) is 12.1 Å². The lowest BCUT2D eigenvalue weighted by Crippen LogP contribution is -2.12. The molecule has 0 fully saturated rings. The van der Waals surface area contributed by atoms with E-state index in [-0.39, 0.29) is 11.5 Å². The SMILES string of the molecule is Cc1sc2nc(C(C)C)[nH]c(=O)c2c1-c1ccc(Cl)c(Cl)c1. The minimum absolute atomic E-state index is 0.112. The van der Waals surface area contributed by atoms with Crippen LogP contribution in [0.25, 0.3) is 21.3 Å². The van der Waals surface area contributed by atoms with Gasteiger partial charge in [-0.15, -0.1) is 11.3 Å². The fourth-order valence-corrected chi connectivity index (χ4v) is 3.76. The van der Waals surface area contributed by atoms with Crippen LogP contribution >= 0.6 is 34.5 Å². The zero-order valence-electron chi connectivity index (χ0n) is 12.3. The number of nitrogens with one attached hydrogen (secondary N) is 1. The second-order valence-electron chi connectivity index (χ2n) is 5.45. The Bertz CT molecular complexity index is 928. The number of H-pyrrole nitrogens is 1. The largest absolute Gasteiger partial charge is 0.310 e. The third kappa shape index (κ3) is 2.56. The lowest BCUT2D eigenvalue weighted by molar-refractivity contribution is 0.778. The Morgan fingerprint density at radius 1 is 1.23 bits per heavy atom. The maximum atomic E-state index is 12.5. The molecule has 22 heavy (non-hydrogen) atoms. The van der Waals surface area contributed by atoms with Crippen molar-refractivity contribution in [2.75, 3.05) is 0 Å². The Hall–Kier alpha value is -1.36. The van der Waals surface area contributed by atoms with Crippen LogP contribution in [0.2, 0.25) is 10.0 Å². The Labute approximate surface area is 141 Å². The van der Waals surface area contributed by atoms with E-state index in [2.05, 4.69) is 9.97 Å². The molecule has 0 aliphatic carbocycles. The molecule has 1 N–H and O–H groups in total. The first-order valence-electron chi connectivity index (χ1n) is 6.87. The standard InChI is InChI=1S/C16H14Cl2N2OS/c1-7(2)14-19-15(21)13-12(8(3)22-16(13)20-14)9-4-5-10(17)11(18)6-9/h4-7H,1-3H3,(H,19,20,21). The van der Waals surface area contributed by atoms with E-state index in [1.165, 1.54) is 11.3 Å². The van der Waals surface area contributed by atoms with Gasteiger partial charge in [-0.05, 0) is 24.6 Å². The van der Waals surface area contributed by atoms with Gasteiger partial charge in [0.25, 0.3) is 5.56 Å². The van der Waals surface area contributed by atoms with Crippen LogP contribution in [0.15, 0.2) is 23.0 Å². The molecular formula is C16H14Cl2N2OS. The second-order valence-corrected chi connectivity index (χ2v) is 7.47. The van der Waals surface area contributed by atoms with Crippen molar-refractivity contribution in [1.29, 1.82) is 0 Å². The van der Waals surface area contributed by atoms with Gasteiger partial charge >= 0.3 is 0 Å². The summed E-state index contributed by atoms with van der Waals surface area (Å²) in [6.45, 7) is 5.99. The maximum absolute atomic E-state index is 12.5. The van der Waals surface area contributed by atoms with Gasteiger partial charge < -0.3 is 4.98 Å². The van der Waals surface area contributed by atoms with Gasteiger partial charge in [-0.25, -0.2) is 4.98 Å². The molecule has 0 amide bonds. The smallest absolute Gasteiger partial charge is 0.260 e. The fourth-order valence-electron chi connectivity index (χ4n) is 2.41. The molecule has 0 aliphatic rings. The number of nitrogens with zero attached hydrogens (tertiary/aromatic N) is 1. The number of rotatable bonds is 2. The molecule has 0 atom stereocenters. The molecule has 3 aromatic rings. The Kier molecular flexibility index (Phi) is 4.02. The Morgan fingerprint density at radius 3 is 2.59 bits per heavy atom. The first-order valence-corrected chi connectivity index (χ1v) is 8.44. The topological polar surface area (TPSA) is 45.8 Å². The molecule has 2 heterocycles.